The van der Waals surface area contributed by atoms with Crippen molar-refractivity contribution in [1.29, 1.82) is 0 Å². The van der Waals surface area contributed by atoms with E-state index in [0.717, 1.165) is 60.9 Å². The Morgan fingerprint density at radius 3 is 2.52 bits per heavy atom. The number of rotatable bonds is 8. The molecule has 3 aromatic rings. The second-order valence-electron chi connectivity index (χ2n) is 8.51. The van der Waals surface area contributed by atoms with Crippen LogP contribution in [-0.2, 0) is 13.2 Å². The predicted octanol–water partition coefficient (Wildman–Crippen LogP) is 3.90. The molecule has 3 heterocycles. The molecular formula is C25H32N6O2. The molecule has 4 rings (SSSR count). The van der Waals surface area contributed by atoms with Crippen LogP contribution in [0.1, 0.15) is 53.9 Å². The van der Waals surface area contributed by atoms with Gasteiger partial charge in [-0.1, -0.05) is 6.07 Å². The van der Waals surface area contributed by atoms with E-state index in [-0.39, 0.29) is 6.61 Å². The van der Waals surface area contributed by atoms with E-state index in [1.165, 1.54) is 5.56 Å². The lowest BCUT2D eigenvalue weighted by Crippen LogP contribution is -2.32. The summed E-state index contributed by atoms with van der Waals surface area (Å²) in [4.78, 5) is 20.5. The van der Waals surface area contributed by atoms with Gasteiger partial charge in [0.2, 0.25) is 5.95 Å². The highest BCUT2D eigenvalue weighted by atomic mass is 16.5. The Morgan fingerprint density at radius 1 is 1.06 bits per heavy atom. The normalized spacial score (nSPS) is 14.9. The number of nitrogens with zero attached hydrogens (tertiary/aromatic N) is 5. The fraction of sp³-hybridized carbons (Fsp3) is 0.440. The van der Waals surface area contributed by atoms with E-state index in [1.54, 1.807) is 6.20 Å². The number of aromatic nitrogens is 4. The highest BCUT2D eigenvalue weighted by Gasteiger charge is 2.22. The Morgan fingerprint density at radius 2 is 1.82 bits per heavy atom. The first-order chi connectivity index (χ1) is 16.0. The van der Waals surface area contributed by atoms with Crippen LogP contribution in [0.25, 0.3) is 0 Å². The minimum Gasteiger partial charge on any atom is -0.494 e. The SMILES string of the molecule is CCOc1ccc(CN2CCC(c3cncc(Nc4nc(C)cc(C)n4)n3)CC2)cc1CO. The summed E-state index contributed by atoms with van der Waals surface area (Å²) in [7, 11) is 0. The monoisotopic (exact) mass is 448 g/mol. The lowest BCUT2D eigenvalue weighted by atomic mass is 9.93. The van der Waals surface area contributed by atoms with Crippen molar-refractivity contribution in [3.63, 3.8) is 0 Å². The summed E-state index contributed by atoms with van der Waals surface area (Å²) < 4.78 is 5.60. The smallest absolute Gasteiger partial charge is 0.228 e. The van der Waals surface area contributed by atoms with Crippen LogP contribution in [-0.4, -0.2) is 49.6 Å². The van der Waals surface area contributed by atoms with Crippen molar-refractivity contribution in [2.75, 3.05) is 25.0 Å². The number of benzene rings is 1. The molecule has 1 saturated heterocycles. The Labute approximate surface area is 195 Å². The van der Waals surface area contributed by atoms with E-state index < -0.39 is 0 Å². The van der Waals surface area contributed by atoms with Gasteiger partial charge in [-0.2, -0.15) is 0 Å². The van der Waals surface area contributed by atoms with Gasteiger partial charge < -0.3 is 15.2 Å². The molecular weight excluding hydrogens is 416 g/mol. The Kier molecular flexibility index (Phi) is 7.47. The molecule has 0 radical (unpaired) electrons. The number of aliphatic hydroxyl groups is 1. The molecule has 174 valence electrons. The Balaban J connectivity index is 1.36. The predicted molar refractivity (Wildman–Crippen MR) is 128 cm³/mol. The number of aryl methyl sites for hydroxylation is 2. The molecule has 33 heavy (non-hydrogen) atoms. The van der Waals surface area contributed by atoms with Gasteiger partial charge in [0, 0.05) is 35.6 Å². The number of piperidine rings is 1. The van der Waals surface area contributed by atoms with E-state index in [9.17, 15) is 5.11 Å². The van der Waals surface area contributed by atoms with Gasteiger partial charge in [0.1, 0.15) is 5.75 Å². The summed E-state index contributed by atoms with van der Waals surface area (Å²) >= 11 is 0. The Bertz CT molecular complexity index is 1060. The fourth-order valence-electron chi connectivity index (χ4n) is 4.33. The average Bonchev–Trinajstić information content (AvgIpc) is 2.80. The zero-order valence-electron chi connectivity index (χ0n) is 19.6. The van der Waals surface area contributed by atoms with Gasteiger partial charge in [0.05, 0.1) is 25.1 Å². The zero-order chi connectivity index (χ0) is 23.2. The molecule has 0 saturated carbocycles. The highest BCUT2D eigenvalue weighted by molar-refractivity contribution is 5.46. The maximum Gasteiger partial charge on any atom is 0.228 e. The van der Waals surface area contributed by atoms with Crippen LogP contribution in [0, 0.1) is 13.8 Å². The molecule has 0 spiro atoms. The lowest BCUT2D eigenvalue weighted by molar-refractivity contribution is 0.203. The molecule has 1 fully saturated rings. The van der Waals surface area contributed by atoms with Gasteiger partial charge in [-0.05, 0) is 70.5 Å². The molecule has 2 N–H and O–H groups in total. The molecule has 1 aromatic carbocycles. The molecule has 0 atom stereocenters. The number of nitrogens with one attached hydrogen (secondary N) is 1. The molecule has 1 aliphatic rings. The molecule has 0 bridgehead atoms. The van der Waals surface area contributed by atoms with Crippen molar-refractivity contribution in [3.05, 3.63) is 64.9 Å². The van der Waals surface area contributed by atoms with Crippen LogP contribution < -0.4 is 10.1 Å². The number of hydrogen-bond acceptors (Lipinski definition) is 8. The second-order valence-corrected chi connectivity index (χ2v) is 8.51. The highest BCUT2D eigenvalue weighted by Crippen LogP contribution is 2.29. The summed E-state index contributed by atoms with van der Waals surface area (Å²) in [5, 5.41) is 12.9. The number of anilines is 2. The number of aliphatic hydroxyl groups excluding tert-OH is 1. The Hall–Kier alpha value is -3.10. The van der Waals surface area contributed by atoms with Gasteiger partial charge in [-0.25, -0.2) is 15.0 Å². The van der Waals surface area contributed by atoms with Gasteiger partial charge in [-0.3, -0.25) is 9.88 Å². The molecule has 8 heteroatoms. The maximum absolute atomic E-state index is 9.66. The van der Waals surface area contributed by atoms with Crippen LogP contribution in [0.15, 0.2) is 36.7 Å². The van der Waals surface area contributed by atoms with Crippen LogP contribution in [0.5, 0.6) is 5.75 Å². The summed E-state index contributed by atoms with van der Waals surface area (Å²) in [6, 6.07) is 8.04. The van der Waals surface area contributed by atoms with E-state index >= 15 is 0 Å². The van der Waals surface area contributed by atoms with Crippen LogP contribution >= 0.6 is 0 Å². The van der Waals surface area contributed by atoms with E-state index in [1.807, 2.05) is 45.2 Å². The lowest BCUT2D eigenvalue weighted by Gasteiger charge is -2.31. The summed E-state index contributed by atoms with van der Waals surface area (Å²) in [5.74, 6) is 2.36. The largest absolute Gasteiger partial charge is 0.494 e. The first-order valence-electron chi connectivity index (χ1n) is 11.5. The molecule has 2 aromatic heterocycles. The maximum atomic E-state index is 9.66. The van der Waals surface area contributed by atoms with Crippen LogP contribution in [0.4, 0.5) is 11.8 Å². The minimum absolute atomic E-state index is 0.0124. The molecule has 0 unspecified atom stereocenters. The van der Waals surface area contributed by atoms with Crippen molar-refractivity contribution in [2.24, 2.45) is 0 Å². The van der Waals surface area contributed by atoms with Gasteiger partial charge in [0.15, 0.2) is 5.82 Å². The summed E-state index contributed by atoms with van der Waals surface area (Å²) in [6.07, 6.45) is 5.64. The average molecular weight is 449 g/mol. The number of hydrogen-bond donors (Lipinski definition) is 2. The van der Waals surface area contributed by atoms with E-state index in [0.29, 0.717) is 24.3 Å². The molecule has 1 aliphatic heterocycles. The number of likely N-dealkylation sites (tertiary alicyclic amines) is 1. The third-order valence-electron chi connectivity index (χ3n) is 5.88. The standard InChI is InChI=1S/C25H32N6O2/c1-4-33-23-6-5-19(12-21(23)16-32)15-31-9-7-20(8-10-31)22-13-26-14-24(29-22)30-25-27-17(2)11-18(3)28-25/h5-6,11-14,20,32H,4,7-10,15-16H2,1-3H3,(H,27,28,29,30). The van der Waals surface area contributed by atoms with Crippen LogP contribution in [0.2, 0.25) is 0 Å². The van der Waals surface area contributed by atoms with Gasteiger partial charge >= 0.3 is 0 Å². The third kappa shape index (κ3) is 6.03. The van der Waals surface area contributed by atoms with E-state index in [4.69, 9.17) is 9.72 Å². The second kappa shape index (κ2) is 10.7. The molecule has 0 amide bonds. The van der Waals surface area contributed by atoms with E-state index in [2.05, 4.69) is 31.2 Å². The third-order valence-corrected chi connectivity index (χ3v) is 5.88. The topological polar surface area (TPSA) is 96.3 Å². The fourth-order valence-corrected chi connectivity index (χ4v) is 4.33. The number of ether oxygens (including phenoxy) is 1. The van der Waals surface area contributed by atoms with Gasteiger partial charge in [0.25, 0.3) is 0 Å². The first-order valence-corrected chi connectivity index (χ1v) is 11.5. The quantitative estimate of drug-likeness (QED) is 0.536. The molecule has 0 aliphatic carbocycles. The first kappa shape index (κ1) is 23.1. The van der Waals surface area contributed by atoms with Crippen molar-refractivity contribution in [3.8, 4) is 5.75 Å². The zero-order valence-corrected chi connectivity index (χ0v) is 19.6. The van der Waals surface area contributed by atoms with Gasteiger partial charge in [-0.15, -0.1) is 0 Å². The summed E-state index contributed by atoms with van der Waals surface area (Å²) in [5.41, 5.74) is 4.88. The van der Waals surface area contributed by atoms with Crippen molar-refractivity contribution >= 4 is 11.8 Å². The molecule has 8 nitrogen and oxygen atoms in total. The van der Waals surface area contributed by atoms with Crippen molar-refractivity contribution < 1.29 is 9.84 Å². The summed E-state index contributed by atoms with van der Waals surface area (Å²) in [6.45, 7) is 9.29. The van der Waals surface area contributed by atoms with Crippen molar-refractivity contribution in [1.82, 2.24) is 24.8 Å². The van der Waals surface area contributed by atoms with Crippen LogP contribution in [0.3, 0.4) is 0 Å². The minimum atomic E-state index is -0.0124. The van der Waals surface area contributed by atoms with Crippen molar-refractivity contribution in [2.45, 2.75) is 52.7 Å².